The molecule has 2 N–H and O–H groups in total. The maximum atomic E-state index is 9.15. The zero-order chi connectivity index (χ0) is 14.7. The summed E-state index contributed by atoms with van der Waals surface area (Å²) >= 11 is 1.61. The summed E-state index contributed by atoms with van der Waals surface area (Å²) < 4.78 is 5.71. The fourth-order valence-electron chi connectivity index (χ4n) is 2.06. The minimum absolute atomic E-state index is 0.0427. The molecule has 0 aliphatic carbocycles. The zero-order valence-corrected chi connectivity index (χ0v) is 12.5. The van der Waals surface area contributed by atoms with Gasteiger partial charge in [0.05, 0.1) is 18.0 Å². The first-order chi connectivity index (χ1) is 10.3. The molecule has 0 spiro atoms. The van der Waals surface area contributed by atoms with Crippen LogP contribution < -0.4 is 5.32 Å². The lowest BCUT2D eigenvalue weighted by atomic mass is 10.2. The molecule has 2 heterocycles. The van der Waals surface area contributed by atoms with Gasteiger partial charge in [-0.15, -0.1) is 11.3 Å². The Morgan fingerprint density at radius 1 is 1.29 bits per heavy atom. The summed E-state index contributed by atoms with van der Waals surface area (Å²) in [6.45, 7) is 2.56. The minimum atomic E-state index is 0.0427. The molecule has 108 valence electrons. The predicted octanol–water partition coefficient (Wildman–Crippen LogP) is 3.82. The number of aliphatic hydroxyl groups excluding tert-OH is 1. The van der Waals surface area contributed by atoms with Crippen LogP contribution in [0, 0.1) is 6.92 Å². The van der Waals surface area contributed by atoms with Crippen LogP contribution in [0.2, 0.25) is 0 Å². The van der Waals surface area contributed by atoms with Crippen molar-refractivity contribution in [2.24, 2.45) is 0 Å². The van der Waals surface area contributed by atoms with Crippen molar-refractivity contribution >= 4 is 17.0 Å². The van der Waals surface area contributed by atoms with Gasteiger partial charge >= 0.3 is 0 Å². The number of anilines is 1. The van der Waals surface area contributed by atoms with Crippen LogP contribution in [0.3, 0.4) is 0 Å². The van der Waals surface area contributed by atoms with Gasteiger partial charge in [-0.3, -0.25) is 0 Å². The second-order valence-corrected chi connectivity index (χ2v) is 5.66. The van der Waals surface area contributed by atoms with Crippen LogP contribution in [0.25, 0.3) is 10.8 Å². The third-order valence-corrected chi connectivity index (χ3v) is 4.05. The number of hydrogen-bond acceptors (Lipinski definition) is 5. The minimum Gasteiger partial charge on any atom is -0.440 e. The number of hydrogen-bond donors (Lipinski definition) is 2. The van der Waals surface area contributed by atoms with Gasteiger partial charge in [0.15, 0.2) is 0 Å². The van der Waals surface area contributed by atoms with E-state index in [1.165, 1.54) is 0 Å². The van der Waals surface area contributed by atoms with Crippen LogP contribution in [0.15, 0.2) is 46.2 Å². The van der Waals surface area contributed by atoms with Crippen molar-refractivity contribution < 1.29 is 9.52 Å². The SMILES string of the molecule is Cc1oc(-c2cccs2)nc1CNc1cccc(CO)c1. The Morgan fingerprint density at radius 3 is 2.95 bits per heavy atom. The molecule has 0 bridgehead atoms. The van der Waals surface area contributed by atoms with Crippen molar-refractivity contribution in [2.75, 3.05) is 5.32 Å². The molecule has 1 aromatic carbocycles. The highest BCUT2D eigenvalue weighted by atomic mass is 32.1. The average Bonchev–Trinajstić information content (AvgIpc) is 3.15. The molecule has 0 radical (unpaired) electrons. The molecule has 4 nitrogen and oxygen atoms in total. The number of oxazole rings is 1. The Morgan fingerprint density at radius 2 is 2.19 bits per heavy atom. The van der Waals surface area contributed by atoms with Crippen molar-refractivity contribution in [3.05, 3.63) is 58.8 Å². The number of thiophene rings is 1. The van der Waals surface area contributed by atoms with E-state index >= 15 is 0 Å². The van der Waals surface area contributed by atoms with Gasteiger partial charge in [0.2, 0.25) is 5.89 Å². The Balaban J connectivity index is 1.73. The second kappa shape index (κ2) is 6.11. The lowest BCUT2D eigenvalue weighted by molar-refractivity contribution is 0.282. The molecule has 2 aromatic heterocycles. The highest BCUT2D eigenvalue weighted by Gasteiger charge is 2.11. The fraction of sp³-hybridized carbons (Fsp3) is 0.188. The highest BCUT2D eigenvalue weighted by Crippen LogP contribution is 2.26. The van der Waals surface area contributed by atoms with Gasteiger partial charge in [-0.1, -0.05) is 18.2 Å². The van der Waals surface area contributed by atoms with E-state index in [4.69, 9.17) is 9.52 Å². The first-order valence-electron chi connectivity index (χ1n) is 6.70. The molecule has 3 aromatic rings. The molecule has 0 saturated carbocycles. The number of benzene rings is 1. The van der Waals surface area contributed by atoms with Gasteiger partial charge in [0.25, 0.3) is 0 Å². The van der Waals surface area contributed by atoms with Gasteiger partial charge in [-0.05, 0) is 36.1 Å². The first kappa shape index (κ1) is 13.9. The van der Waals surface area contributed by atoms with E-state index in [2.05, 4.69) is 10.3 Å². The van der Waals surface area contributed by atoms with Crippen LogP contribution in [0.5, 0.6) is 0 Å². The first-order valence-corrected chi connectivity index (χ1v) is 7.58. The maximum absolute atomic E-state index is 9.15. The molecule has 0 saturated heterocycles. The molecule has 0 aliphatic heterocycles. The molecule has 0 atom stereocenters. The van der Waals surface area contributed by atoms with E-state index < -0.39 is 0 Å². The normalized spacial score (nSPS) is 10.8. The van der Waals surface area contributed by atoms with E-state index in [1.807, 2.05) is 48.7 Å². The van der Waals surface area contributed by atoms with Crippen molar-refractivity contribution in [2.45, 2.75) is 20.1 Å². The fourth-order valence-corrected chi connectivity index (χ4v) is 2.71. The number of nitrogens with zero attached hydrogens (tertiary/aromatic N) is 1. The van der Waals surface area contributed by atoms with Gasteiger partial charge < -0.3 is 14.8 Å². The zero-order valence-electron chi connectivity index (χ0n) is 11.7. The average molecular weight is 300 g/mol. The molecule has 0 fully saturated rings. The number of aliphatic hydroxyl groups is 1. The summed E-state index contributed by atoms with van der Waals surface area (Å²) in [5.41, 5.74) is 2.74. The van der Waals surface area contributed by atoms with E-state index in [0.717, 1.165) is 27.6 Å². The van der Waals surface area contributed by atoms with Gasteiger partial charge in [0.1, 0.15) is 11.5 Å². The number of aromatic nitrogens is 1. The number of rotatable bonds is 5. The van der Waals surface area contributed by atoms with E-state index in [0.29, 0.717) is 12.4 Å². The summed E-state index contributed by atoms with van der Waals surface area (Å²) in [5.74, 6) is 1.49. The van der Waals surface area contributed by atoms with Gasteiger partial charge in [-0.25, -0.2) is 4.98 Å². The van der Waals surface area contributed by atoms with Crippen molar-refractivity contribution in [3.63, 3.8) is 0 Å². The molecule has 0 aliphatic rings. The Kier molecular flexibility index (Phi) is 4.03. The second-order valence-electron chi connectivity index (χ2n) is 4.71. The van der Waals surface area contributed by atoms with Crippen molar-refractivity contribution in [1.82, 2.24) is 4.98 Å². The van der Waals surface area contributed by atoms with E-state index in [-0.39, 0.29) is 6.61 Å². The summed E-state index contributed by atoms with van der Waals surface area (Å²) in [5, 5.41) is 14.5. The largest absolute Gasteiger partial charge is 0.440 e. The molecular formula is C16H16N2O2S. The molecule has 0 amide bonds. The topological polar surface area (TPSA) is 58.3 Å². The van der Waals surface area contributed by atoms with Crippen LogP contribution >= 0.6 is 11.3 Å². The quantitative estimate of drug-likeness (QED) is 0.752. The standard InChI is InChI=1S/C16H16N2O2S/c1-11-14(18-16(20-11)15-6-3-7-21-15)9-17-13-5-2-4-12(8-13)10-19/h2-8,17,19H,9-10H2,1H3. The monoisotopic (exact) mass is 300 g/mol. The molecular weight excluding hydrogens is 284 g/mol. The van der Waals surface area contributed by atoms with E-state index in [9.17, 15) is 0 Å². The molecule has 21 heavy (non-hydrogen) atoms. The lowest BCUT2D eigenvalue weighted by Crippen LogP contribution is -2.01. The Bertz CT molecular complexity index is 720. The van der Waals surface area contributed by atoms with Crippen molar-refractivity contribution in [1.29, 1.82) is 0 Å². The number of nitrogens with one attached hydrogen (secondary N) is 1. The van der Waals surface area contributed by atoms with Gasteiger partial charge in [0, 0.05) is 5.69 Å². The van der Waals surface area contributed by atoms with Crippen LogP contribution in [0.1, 0.15) is 17.0 Å². The third kappa shape index (κ3) is 3.15. The highest BCUT2D eigenvalue weighted by molar-refractivity contribution is 7.13. The summed E-state index contributed by atoms with van der Waals surface area (Å²) in [4.78, 5) is 5.58. The summed E-state index contributed by atoms with van der Waals surface area (Å²) in [7, 11) is 0. The smallest absolute Gasteiger partial charge is 0.236 e. The summed E-state index contributed by atoms with van der Waals surface area (Å²) in [6, 6.07) is 11.7. The maximum Gasteiger partial charge on any atom is 0.236 e. The van der Waals surface area contributed by atoms with Crippen molar-refractivity contribution in [3.8, 4) is 10.8 Å². The van der Waals surface area contributed by atoms with Gasteiger partial charge in [-0.2, -0.15) is 0 Å². The predicted molar refractivity (Wildman–Crippen MR) is 84.2 cm³/mol. The third-order valence-electron chi connectivity index (χ3n) is 3.19. The van der Waals surface area contributed by atoms with Crippen LogP contribution in [-0.2, 0) is 13.2 Å². The number of aryl methyl sites for hydroxylation is 1. The molecule has 3 rings (SSSR count). The van der Waals surface area contributed by atoms with Crippen LogP contribution in [-0.4, -0.2) is 10.1 Å². The molecule has 5 heteroatoms. The molecule has 0 unspecified atom stereocenters. The van der Waals surface area contributed by atoms with Crippen LogP contribution in [0.4, 0.5) is 5.69 Å². The van der Waals surface area contributed by atoms with E-state index in [1.54, 1.807) is 11.3 Å². The summed E-state index contributed by atoms with van der Waals surface area (Å²) in [6.07, 6.45) is 0. The lowest BCUT2D eigenvalue weighted by Gasteiger charge is -2.06. The Hall–Kier alpha value is -2.11. The Labute approximate surface area is 127 Å².